The van der Waals surface area contributed by atoms with Crippen LogP contribution in [0.2, 0.25) is 5.02 Å². The molecule has 0 aromatic heterocycles. The van der Waals surface area contributed by atoms with Gasteiger partial charge in [-0.15, -0.1) is 0 Å². The minimum Gasteiger partial charge on any atom is -0.295 e. The van der Waals surface area contributed by atoms with Gasteiger partial charge in [0.2, 0.25) is 5.91 Å². The number of likely N-dealkylation sites (N-methyl/N-ethyl adjacent to an activating group) is 1. The lowest BCUT2D eigenvalue weighted by Crippen LogP contribution is -2.32. The number of hydrogen-bond acceptors (Lipinski definition) is 2. The van der Waals surface area contributed by atoms with Gasteiger partial charge in [0.05, 0.1) is 0 Å². The average Bonchev–Trinajstić information content (AvgIpc) is 2.61. The third-order valence-electron chi connectivity index (χ3n) is 2.34. The van der Waals surface area contributed by atoms with E-state index in [4.69, 9.17) is 11.6 Å². The van der Waals surface area contributed by atoms with Gasteiger partial charge in [0, 0.05) is 17.1 Å². The molecule has 0 aliphatic carbocycles. The van der Waals surface area contributed by atoms with E-state index < -0.39 is 0 Å². The van der Waals surface area contributed by atoms with Crippen molar-refractivity contribution in [3.05, 3.63) is 34.9 Å². The molecule has 0 N–H and O–H groups in total. The fourth-order valence-corrected chi connectivity index (χ4v) is 1.73. The molecule has 1 aromatic rings. The van der Waals surface area contributed by atoms with Crippen LogP contribution >= 0.6 is 11.6 Å². The third kappa shape index (κ3) is 1.88. The van der Waals surface area contributed by atoms with Crippen LogP contribution in [0.5, 0.6) is 0 Å². The molecular formula is C11H11ClN2O. The van der Waals surface area contributed by atoms with Crippen molar-refractivity contribution >= 4 is 23.3 Å². The van der Waals surface area contributed by atoms with E-state index in [0.717, 1.165) is 11.4 Å². The molecule has 1 amide bonds. The van der Waals surface area contributed by atoms with Gasteiger partial charge >= 0.3 is 0 Å². The lowest BCUT2D eigenvalue weighted by atomic mass is 10.2. The topological polar surface area (TPSA) is 32.7 Å². The van der Waals surface area contributed by atoms with Gasteiger partial charge in [-0.1, -0.05) is 11.6 Å². The molecule has 3 nitrogen and oxygen atoms in total. The molecule has 0 unspecified atom stereocenters. The number of rotatable bonds is 2. The van der Waals surface area contributed by atoms with Crippen LogP contribution in [0.15, 0.2) is 29.3 Å². The standard InChI is InChI=1S/C11H11ClN2O/c1-2-14-10(15)7-13-11(14)8-3-5-9(12)6-4-8/h3-6H,2,7H2,1H3. The number of carbonyl (C=O) groups is 1. The molecule has 0 fully saturated rings. The van der Waals surface area contributed by atoms with Crippen LogP contribution in [0.3, 0.4) is 0 Å². The zero-order valence-electron chi connectivity index (χ0n) is 8.40. The van der Waals surface area contributed by atoms with E-state index in [0.29, 0.717) is 11.6 Å². The summed E-state index contributed by atoms with van der Waals surface area (Å²) in [6.45, 7) is 2.85. The van der Waals surface area contributed by atoms with Crippen LogP contribution in [0.25, 0.3) is 0 Å². The minimum atomic E-state index is 0.0578. The quantitative estimate of drug-likeness (QED) is 0.753. The molecule has 0 bridgehead atoms. The molecule has 1 aromatic carbocycles. The van der Waals surface area contributed by atoms with Crippen molar-refractivity contribution in [3.63, 3.8) is 0 Å². The summed E-state index contributed by atoms with van der Waals surface area (Å²) in [7, 11) is 0. The Hall–Kier alpha value is -1.35. The first kappa shape index (κ1) is 10.2. The molecule has 78 valence electrons. The van der Waals surface area contributed by atoms with Crippen LogP contribution < -0.4 is 0 Å². The fraction of sp³-hybridized carbons (Fsp3) is 0.273. The number of aliphatic imine (C=N–C) groups is 1. The molecule has 4 heteroatoms. The molecular weight excluding hydrogens is 212 g/mol. The highest BCUT2D eigenvalue weighted by molar-refractivity contribution is 6.30. The highest BCUT2D eigenvalue weighted by Crippen LogP contribution is 2.15. The normalized spacial score (nSPS) is 15.7. The van der Waals surface area contributed by atoms with E-state index in [1.807, 2.05) is 19.1 Å². The molecule has 0 saturated carbocycles. The summed E-state index contributed by atoms with van der Waals surface area (Å²) >= 11 is 5.80. The summed E-state index contributed by atoms with van der Waals surface area (Å²) in [5.74, 6) is 0.807. The van der Waals surface area contributed by atoms with Gasteiger partial charge in [-0.05, 0) is 31.2 Å². The van der Waals surface area contributed by atoms with Gasteiger partial charge in [0.1, 0.15) is 12.4 Å². The van der Waals surface area contributed by atoms with Crippen LogP contribution in [-0.4, -0.2) is 29.7 Å². The molecule has 1 heterocycles. The Morgan fingerprint density at radius 3 is 2.67 bits per heavy atom. The van der Waals surface area contributed by atoms with Crippen LogP contribution in [-0.2, 0) is 4.79 Å². The summed E-state index contributed by atoms with van der Waals surface area (Å²) in [5, 5.41) is 0.687. The van der Waals surface area contributed by atoms with Gasteiger partial charge in [-0.25, -0.2) is 0 Å². The number of halogens is 1. The number of amidine groups is 1. The van der Waals surface area contributed by atoms with E-state index in [1.165, 1.54) is 0 Å². The van der Waals surface area contributed by atoms with Crippen molar-refractivity contribution in [3.8, 4) is 0 Å². The average molecular weight is 223 g/mol. The summed E-state index contributed by atoms with van der Waals surface area (Å²) in [6, 6.07) is 7.36. The van der Waals surface area contributed by atoms with Crippen molar-refractivity contribution in [2.75, 3.05) is 13.1 Å². The second kappa shape index (κ2) is 4.03. The summed E-state index contributed by atoms with van der Waals surface area (Å²) in [4.78, 5) is 17.3. The molecule has 0 atom stereocenters. The number of benzene rings is 1. The Bertz CT molecular complexity index is 411. The lowest BCUT2D eigenvalue weighted by molar-refractivity contribution is -0.124. The first-order valence-electron chi connectivity index (χ1n) is 4.83. The van der Waals surface area contributed by atoms with E-state index in [9.17, 15) is 4.79 Å². The maximum Gasteiger partial charge on any atom is 0.249 e. The zero-order valence-corrected chi connectivity index (χ0v) is 9.16. The monoisotopic (exact) mass is 222 g/mol. The molecule has 0 radical (unpaired) electrons. The Labute approximate surface area is 93.4 Å². The van der Waals surface area contributed by atoms with E-state index in [2.05, 4.69) is 4.99 Å². The van der Waals surface area contributed by atoms with Crippen LogP contribution in [0, 0.1) is 0 Å². The second-order valence-corrected chi connectivity index (χ2v) is 3.72. The SMILES string of the molecule is CCN1C(=O)CN=C1c1ccc(Cl)cc1. The fourth-order valence-electron chi connectivity index (χ4n) is 1.60. The smallest absolute Gasteiger partial charge is 0.249 e. The van der Waals surface area contributed by atoms with Crippen LogP contribution in [0.1, 0.15) is 12.5 Å². The maximum absolute atomic E-state index is 11.4. The van der Waals surface area contributed by atoms with Gasteiger partial charge in [-0.3, -0.25) is 14.7 Å². The predicted molar refractivity (Wildman–Crippen MR) is 60.2 cm³/mol. The number of nitrogens with zero attached hydrogens (tertiary/aromatic N) is 2. The van der Waals surface area contributed by atoms with Gasteiger partial charge in [0.25, 0.3) is 0 Å². The van der Waals surface area contributed by atoms with Crippen molar-refractivity contribution in [1.29, 1.82) is 0 Å². The van der Waals surface area contributed by atoms with Crippen molar-refractivity contribution in [1.82, 2.24) is 4.90 Å². The minimum absolute atomic E-state index is 0.0578. The van der Waals surface area contributed by atoms with Crippen LogP contribution in [0.4, 0.5) is 0 Å². The summed E-state index contributed by atoms with van der Waals surface area (Å²) in [6.07, 6.45) is 0. The summed E-state index contributed by atoms with van der Waals surface area (Å²) < 4.78 is 0. The van der Waals surface area contributed by atoms with Gasteiger partial charge in [0.15, 0.2) is 0 Å². The Morgan fingerprint density at radius 2 is 2.07 bits per heavy atom. The first-order valence-corrected chi connectivity index (χ1v) is 5.21. The predicted octanol–water partition coefficient (Wildman–Crippen LogP) is 1.95. The first-order chi connectivity index (χ1) is 7.22. The third-order valence-corrected chi connectivity index (χ3v) is 2.59. The number of amides is 1. The lowest BCUT2D eigenvalue weighted by Gasteiger charge is -2.15. The Balaban J connectivity index is 2.31. The highest BCUT2D eigenvalue weighted by Gasteiger charge is 2.24. The Morgan fingerprint density at radius 1 is 1.40 bits per heavy atom. The maximum atomic E-state index is 11.4. The van der Waals surface area contributed by atoms with Crippen molar-refractivity contribution in [2.24, 2.45) is 4.99 Å². The number of carbonyl (C=O) groups excluding carboxylic acids is 1. The molecule has 1 aliphatic heterocycles. The Kier molecular flexibility index (Phi) is 2.73. The number of hydrogen-bond donors (Lipinski definition) is 0. The molecule has 2 rings (SSSR count). The van der Waals surface area contributed by atoms with E-state index >= 15 is 0 Å². The summed E-state index contributed by atoms with van der Waals surface area (Å²) in [5.41, 5.74) is 0.937. The molecule has 1 aliphatic rings. The zero-order chi connectivity index (χ0) is 10.8. The highest BCUT2D eigenvalue weighted by atomic mass is 35.5. The van der Waals surface area contributed by atoms with Crippen molar-refractivity contribution in [2.45, 2.75) is 6.92 Å². The van der Waals surface area contributed by atoms with E-state index in [1.54, 1.807) is 17.0 Å². The molecule has 15 heavy (non-hydrogen) atoms. The largest absolute Gasteiger partial charge is 0.295 e. The molecule has 0 saturated heterocycles. The van der Waals surface area contributed by atoms with E-state index in [-0.39, 0.29) is 12.5 Å². The van der Waals surface area contributed by atoms with Gasteiger partial charge in [-0.2, -0.15) is 0 Å². The van der Waals surface area contributed by atoms with Crippen molar-refractivity contribution < 1.29 is 4.79 Å². The van der Waals surface area contributed by atoms with Gasteiger partial charge < -0.3 is 0 Å². The molecule has 0 spiro atoms. The second-order valence-electron chi connectivity index (χ2n) is 3.28.